The molecule has 1 heterocycles. The van der Waals surface area contributed by atoms with Crippen LogP contribution < -0.4 is 0 Å². The summed E-state index contributed by atoms with van der Waals surface area (Å²) in [6.45, 7) is 4.19. The zero-order valence-electron chi connectivity index (χ0n) is 13.2. The smallest absolute Gasteiger partial charge is 0.326 e. The van der Waals surface area contributed by atoms with Crippen molar-refractivity contribution in [3.8, 4) is 0 Å². The predicted octanol–water partition coefficient (Wildman–Crippen LogP) is 2.96. The van der Waals surface area contributed by atoms with Crippen molar-refractivity contribution in [2.75, 3.05) is 0 Å². The summed E-state index contributed by atoms with van der Waals surface area (Å²) in [6, 6.07) is 12.5. The Bertz CT molecular complexity index is 782. The molecule has 0 aliphatic carbocycles. The van der Waals surface area contributed by atoms with Crippen LogP contribution in [0.15, 0.2) is 42.5 Å². The van der Waals surface area contributed by atoms with Crippen molar-refractivity contribution in [3.05, 3.63) is 70.3 Å². The summed E-state index contributed by atoms with van der Waals surface area (Å²) < 4.78 is 0. The molecule has 1 unspecified atom stereocenters. The summed E-state index contributed by atoms with van der Waals surface area (Å²) in [6.07, 6.45) is 0.349. The average Bonchev–Trinajstić information content (AvgIpc) is 2.53. The summed E-state index contributed by atoms with van der Waals surface area (Å²) in [5.74, 6) is -1.18. The van der Waals surface area contributed by atoms with Gasteiger partial charge in [-0.3, -0.25) is 4.79 Å². The number of rotatable bonds is 2. The topological polar surface area (TPSA) is 57.6 Å². The number of carboxylic acid groups (broad SMARTS) is 1. The molecule has 0 aromatic heterocycles. The molecule has 4 heteroatoms. The van der Waals surface area contributed by atoms with Gasteiger partial charge in [-0.1, -0.05) is 42.0 Å². The average molecular weight is 309 g/mol. The fraction of sp³-hybridized carbons (Fsp3) is 0.263. The van der Waals surface area contributed by atoms with E-state index in [1.54, 1.807) is 6.07 Å². The summed E-state index contributed by atoms with van der Waals surface area (Å²) in [5.41, 5.74) is 4.55. The van der Waals surface area contributed by atoms with Gasteiger partial charge in [-0.05, 0) is 36.6 Å². The van der Waals surface area contributed by atoms with E-state index >= 15 is 0 Å². The molecule has 1 aliphatic heterocycles. The van der Waals surface area contributed by atoms with Gasteiger partial charge in [0.15, 0.2) is 0 Å². The van der Waals surface area contributed by atoms with Crippen molar-refractivity contribution in [1.82, 2.24) is 4.90 Å². The van der Waals surface area contributed by atoms with Crippen LogP contribution in [0.5, 0.6) is 0 Å². The van der Waals surface area contributed by atoms with Crippen LogP contribution in [0, 0.1) is 13.8 Å². The van der Waals surface area contributed by atoms with Gasteiger partial charge in [0, 0.05) is 18.5 Å². The molecule has 3 rings (SSSR count). The molecule has 0 bridgehead atoms. The van der Waals surface area contributed by atoms with Gasteiger partial charge in [-0.2, -0.15) is 0 Å². The summed E-state index contributed by atoms with van der Waals surface area (Å²) >= 11 is 0. The van der Waals surface area contributed by atoms with Gasteiger partial charge in [0.1, 0.15) is 6.04 Å². The fourth-order valence-electron chi connectivity index (χ4n) is 3.17. The zero-order valence-corrected chi connectivity index (χ0v) is 13.2. The summed E-state index contributed by atoms with van der Waals surface area (Å²) in [7, 11) is 0. The first-order chi connectivity index (χ1) is 11.0. The van der Waals surface area contributed by atoms with Crippen LogP contribution in [-0.2, 0) is 17.8 Å². The Labute approximate surface area is 135 Å². The number of aryl methyl sites for hydroxylation is 2. The molecule has 0 fully saturated rings. The minimum Gasteiger partial charge on any atom is -0.480 e. The number of carboxylic acids is 1. The third kappa shape index (κ3) is 2.84. The Kier molecular flexibility index (Phi) is 3.90. The van der Waals surface area contributed by atoms with E-state index in [0.717, 1.165) is 22.3 Å². The molecule has 2 aromatic rings. The number of aliphatic carboxylic acids is 1. The molecule has 0 spiro atoms. The molecule has 1 amide bonds. The van der Waals surface area contributed by atoms with Crippen molar-refractivity contribution in [1.29, 1.82) is 0 Å². The number of amides is 1. The van der Waals surface area contributed by atoms with E-state index in [4.69, 9.17) is 0 Å². The maximum Gasteiger partial charge on any atom is 0.326 e. The SMILES string of the molecule is Cc1ccc(C(=O)N2Cc3ccccc3CC2C(=O)O)c(C)c1. The molecule has 0 radical (unpaired) electrons. The van der Waals surface area contributed by atoms with Gasteiger partial charge in [-0.15, -0.1) is 0 Å². The van der Waals surface area contributed by atoms with Crippen molar-refractivity contribution in [2.45, 2.75) is 32.9 Å². The molecule has 4 nitrogen and oxygen atoms in total. The second kappa shape index (κ2) is 5.88. The molecule has 2 aromatic carbocycles. The van der Waals surface area contributed by atoms with Gasteiger partial charge in [0.05, 0.1) is 0 Å². The van der Waals surface area contributed by atoms with Crippen LogP contribution in [0.4, 0.5) is 0 Å². The fourth-order valence-corrected chi connectivity index (χ4v) is 3.17. The van der Waals surface area contributed by atoms with E-state index < -0.39 is 12.0 Å². The zero-order chi connectivity index (χ0) is 16.6. The molecule has 1 N–H and O–H groups in total. The highest BCUT2D eigenvalue weighted by Crippen LogP contribution is 2.26. The van der Waals surface area contributed by atoms with Crippen LogP contribution in [0.1, 0.15) is 32.6 Å². The Balaban J connectivity index is 1.99. The Hall–Kier alpha value is -2.62. The minimum absolute atomic E-state index is 0.218. The lowest BCUT2D eigenvalue weighted by atomic mass is 9.93. The number of carbonyl (C=O) groups is 2. The number of hydrogen-bond donors (Lipinski definition) is 1. The van der Waals surface area contributed by atoms with Gasteiger partial charge < -0.3 is 10.0 Å². The first kappa shape index (κ1) is 15.3. The molecular formula is C19H19NO3. The lowest BCUT2D eigenvalue weighted by Crippen LogP contribution is -2.48. The number of carbonyl (C=O) groups excluding carboxylic acids is 1. The van der Waals surface area contributed by atoms with E-state index in [1.165, 1.54) is 4.90 Å². The molecule has 1 atom stereocenters. The number of benzene rings is 2. The van der Waals surface area contributed by atoms with Gasteiger partial charge in [0.25, 0.3) is 5.91 Å². The van der Waals surface area contributed by atoms with Gasteiger partial charge >= 0.3 is 5.97 Å². The molecule has 23 heavy (non-hydrogen) atoms. The van der Waals surface area contributed by atoms with E-state index in [-0.39, 0.29) is 5.91 Å². The maximum atomic E-state index is 12.9. The maximum absolute atomic E-state index is 12.9. The Morgan fingerprint density at radius 2 is 1.78 bits per heavy atom. The van der Waals surface area contributed by atoms with E-state index in [0.29, 0.717) is 18.5 Å². The highest BCUT2D eigenvalue weighted by molar-refractivity contribution is 5.98. The molecule has 0 saturated carbocycles. The standard InChI is InChI=1S/C19H19NO3/c1-12-7-8-16(13(2)9-12)18(21)20-11-15-6-4-3-5-14(15)10-17(20)19(22)23/h3-9,17H,10-11H2,1-2H3,(H,22,23). The number of nitrogens with zero attached hydrogens (tertiary/aromatic N) is 1. The summed E-state index contributed by atoms with van der Waals surface area (Å²) in [4.78, 5) is 26.0. The predicted molar refractivity (Wildman–Crippen MR) is 87.4 cm³/mol. The van der Waals surface area contributed by atoms with Crippen LogP contribution in [-0.4, -0.2) is 27.9 Å². The molecule has 118 valence electrons. The van der Waals surface area contributed by atoms with Crippen LogP contribution in [0.25, 0.3) is 0 Å². The number of fused-ring (bicyclic) bond motifs is 1. The monoisotopic (exact) mass is 309 g/mol. The van der Waals surface area contributed by atoms with E-state index in [9.17, 15) is 14.7 Å². The van der Waals surface area contributed by atoms with Crippen molar-refractivity contribution < 1.29 is 14.7 Å². The lowest BCUT2D eigenvalue weighted by Gasteiger charge is -2.34. The molecular weight excluding hydrogens is 290 g/mol. The summed E-state index contributed by atoms with van der Waals surface area (Å²) in [5, 5.41) is 9.55. The highest BCUT2D eigenvalue weighted by atomic mass is 16.4. The second-order valence-corrected chi connectivity index (χ2v) is 6.08. The van der Waals surface area contributed by atoms with Gasteiger partial charge in [-0.25, -0.2) is 4.79 Å². The third-order valence-electron chi connectivity index (χ3n) is 4.41. The quantitative estimate of drug-likeness (QED) is 0.928. The van der Waals surface area contributed by atoms with E-state index in [1.807, 2.05) is 50.2 Å². The highest BCUT2D eigenvalue weighted by Gasteiger charge is 2.35. The Morgan fingerprint density at radius 1 is 1.09 bits per heavy atom. The molecule has 1 aliphatic rings. The van der Waals surface area contributed by atoms with Crippen molar-refractivity contribution >= 4 is 11.9 Å². The second-order valence-electron chi connectivity index (χ2n) is 6.08. The van der Waals surface area contributed by atoms with Gasteiger partial charge in [0.2, 0.25) is 0 Å². The van der Waals surface area contributed by atoms with Crippen LogP contribution in [0.3, 0.4) is 0 Å². The normalized spacial score (nSPS) is 16.8. The largest absolute Gasteiger partial charge is 0.480 e. The number of hydrogen-bond acceptors (Lipinski definition) is 2. The van der Waals surface area contributed by atoms with E-state index in [2.05, 4.69) is 0 Å². The lowest BCUT2D eigenvalue weighted by molar-refractivity contribution is -0.142. The molecule has 0 saturated heterocycles. The first-order valence-corrected chi connectivity index (χ1v) is 7.65. The van der Waals surface area contributed by atoms with Crippen molar-refractivity contribution in [2.24, 2.45) is 0 Å². The Morgan fingerprint density at radius 3 is 2.43 bits per heavy atom. The van der Waals surface area contributed by atoms with Crippen LogP contribution in [0.2, 0.25) is 0 Å². The first-order valence-electron chi connectivity index (χ1n) is 7.65. The minimum atomic E-state index is -0.961. The third-order valence-corrected chi connectivity index (χ3v) is 4.41. The van der Waals surface area contributed by atoms with Crippen molar-refractivity contribution in [3.63, 3.8) is 0 Å². The van der Waals surface area contributed by atoms with Crippen LogP contribution >= 0.6 is 0 Å².